The molecule has 1 N–H and O–H groups in total. The van der Waals surface area contributed by atoms with Gasteiger partial charge in [0, 0.05) is 5.56 Å². The van der Waals surface area contributed by atoms with E-state index < -0.39 is 5.97 Å². The van der Waals surface area contributed by atoms with Crippen molar-refractivity contribution in [2.45, 2.75) is 13.5 Å². The summed E-state index contributed by atoms with van der Waals surface area (Å²) in [6.45, 7) is 2.01. The molecule has 0 bridgehead atoms. The summed E-state index contributed by atoms with van der Waals surface area (Å²) in [5, 5.41) is 18.1. The number of aromatic nitrogens is 2. The molecule has 0 amide bonds. The average Bonchev–Trinajstić information content (AvgIpc) is 2.80. The summed E-state index contributed by atoms with van der Waals surface area (Å²) in [6, 6.07) is 7.09. The van der Waals surface area contributed by atoms with Crippen LogP contribution in [0.25, 0.3) is 0 Å². The maximum atomic E-state index is 11.2. The normalized spacial score (nSPS) is 10.1. The van der Waals surface area contributed by atoms with Crippen LogP contribution in [-0.2, 0) is 6.54 Å². The number of nitrogens with zero attached hydrogens (tertiary/aromatic N) is 3. The van der Waals surface area contributed by atoms with Crippen molar-refractivity contribution in [1.29, 1.82) is 5.26 Å². The molecule has 0 radical (unpaired) electrons. The lowest BCUT2D eigenvalue weighted by Gasteiger charge is -2.12. The van der Waals surface area contributed by atoms with Crippen LogP contribution in [0.4, 0.5) is 0 Å². The second kappa shape index (κ2) is 5.45. The Morgan fingerprint density at radius 1 is 1.55 bits per heavy atom. The van der Waals surface area contributed by atoms with Gasteiger partial charge in [-0.15, -0.1) is 0 Å². The van der Waals surface area contributed by atoms with Crippen LogP contribution in [0, 0.1) is 18.3 Å². The third-order valence-corrected chi connectivity index (χ3v) is 3.01. The van der Waals surface area contributed by atoms with Gasteiger partial charge in [0.15, 0.2) is 0 Å². The highest BCUT2D eigenvalue weighted by atomic mass is 16.5. The number of aromatic carboxylic acids is 1. The zero-order valence-corrected chi connectivity index (χ0v) is 11.1. The third kappa shape index (κ3) is 2.47. The number of carbonyl (C=O) groups is 1. The van der Waals surface area contributed by atoms with Crippen molar-refractivity contribution in [1.82, 2.24) is 9.55 Å². The number of carboxylic acid groups (broad SMARTS) is 1. The van der Waals surface area contributed by atoms with E-state index in [0.29, 0.717) is 17.1 Å². The number of benzene rings is 1. The summed E-state index contributed by atoms with van der Waals surface area (Å²) in [4.78, 5) is 15.2. The molecule has 0 atom stereocenters. The van der Waals surface area contributed by atoms with Crippen LogP contribution in [0.1, 0.15) is 27.4 Å². The van der Waals surface area contributed by atoms with Gasteiger partial charge in [-0.2, -0.15) is 5.26 Å². The quantitative estimate of drug-likeness (QED) is 0.916. The molecule has 0 saturated heterocycles. The summed E-state index contributed by atoms with van der Waals surface area (Å²) >= 11 is 0. The number of hydrogen-bond donors (Lipinski definition) is 1. The topological polar surface area (TPSA) is 88.1 Å². The fraction of sp³-hybridized carbons (Fsp3) is 0.214. The molecule has 1 aromatic heterocycles. The van der Waals surface area contributed by atoms with Crippen LogP contribution in [-0.4, -0.2) is 27.7 Å². The van der Waals surface area contributed by atoms with Crippen LogP contribution < -0.4 is 4.74 Å². The standard InChI is InChI=1S/C14H13N3O3/c1-9-16-7-12(14(18)19)17(9)8-11-5-10(6-15)3-4-13(11)20-2/h3-5,7H,8H2,1-2H3,(H,18,19). The molecular formula is C14H13N3O3. The van der Waals surface area contributed by atoms with Crippen molar-refractivity contribution in [2.75, 3.05) is 7.11 Å². The molecule has 0 aliphatic rings. The van der Waals surface area contributed by atoms with E-state index in [9.17, 15) is 4.79 Å². The number of rotatable bonds is 4. The maximum absolute atomic E-state index is 11.2. The van der Waals surface area contributed by atoms with Gasteiger partial charge in [0.25, 0.3) is 0 Å². The number of carboxylic acids is 1. The van der Waals surface area contributed by atoms with Gasteiger partial charge in [0.05, 0.1) is 31.5 Å². The first-order valence-corrected chi connectivity index (χ1v) is 5.89. The lowest BCUT2D eigenvalue weighted by Crippen LogP contribution is -2.11. The fourth-order valence-electron chi connectivity index (χ4n) is 1.98. The molecule has 0 unspecified atom stereocenters. The minimum Gasteiger partial charge on any atom is -0.496 e. The highest BCUT2D eigenvalue weighted by Crippen LogP contribution is 2.22. The Morgan fingerprint density at radius 2 is 2.30 bits per heavy atom. The molecule has 2 aromatic rings. The number of methoxy groups -OCH3 is 1. The van der Waals surface area contributed by atoms with Crippen molar-refractivity contribution in [3.63, 3.8) is 0 Å². The Kier molecular flexibility index (Phi) is 3.71. The van der Waals surface area contributed by atoms with Crippen molar-refractivity contribution in [2.24, 2.45) is 0 Å². The smallest absolute Gasteiger partial charge is 0.354 e. The number of nitriles is 1. The van der Waals surface area contributed by atoms with Crippen LogP contribution in [0.15, 0.2) is 24.4 Å². The van der Waals surface area contributed by atoms with Crippen LogP contribution in [0.3, 0.4) is 0 Å². The van der Waals surface area contributed by atoms with Crippen molar-refractivity contribution >= 4 is 5.97 Å². The van der Waals surface area contributed by atoms with Gasteiger partial charge in [-0.3, -0.25) is 0 Å². The van der Waals surface area contributed by atoms with Crippen LogP contribution in [0.5, 0.6) is 5.75 Å². The first kappa shape index (κ1) is 13.6. The molecule has 0 aliphatic heterocycles. The second-order valence-electron chi connectivity index (χ2n) is 4.22. The van der Waals surface area contributed by atoms with E-state index in [4.69, 9.17) is 15.1 Å². The summed E-state index contributed by atoms with van der Waals surface area (Å²) in [7, 11) is 1.53. The highest BCUT2D eigenvalue weighted by molar-refractivity contribution is 5.85. The van der Waals surface area contributed by atoms with Gasteiger partial charge < -0.3 is 14.4 Å². The Hall–Kier alpha value is -2.81. The predicted octanol–water partition coefficient (Wildman–Crippen LogP) is 1.82. The predicted molar refractivity (Wildman–Crippen MR) is 70.7 cm³/mol. The second-order valence-corrected chi connectivity index (χ2v) is 4.22. The number of imidazole rings is 1. The summed E-state index contributed by atoms with van der Waals surface area (Å²) in [6.07, 6.45) is 1.32. The molecule has 6 nitrogen and oxygen atoms in total. The Bertz CT molecular complexity index is 698. The minimum absolute atomic E-state index is 0.104. The molecule has 1 heterocycles. The monoisotopic (exact) mass is 271 g/mol. The van der Waals surface area contributed by atoms with Crippen molar-refractivity contribution < 1.29 is 14.6 Å². The van der Waals surface area contributed by atoms with Gasteiger partial charge in [-0.05, 0) is 25.1 Å². The highest BCUT2D eigenvalue weighted by Gasteiger charge is 2.15. The molecule has 1 aromatic carbocycles. The van der Waals surface area contributed by atoms with E-state index >= 15 is 0 Å². The Labute approximate surface area is 115 Å². The Morgan fingerprint density at radius 3 is 2.90 bits per heavy atom. The Balaban J connectivity index is 2.47. The number of ether oxygens (including phenoxy) is 1. The molecule has 0 fully saturated rings. The summed E-state index contributed by atoms with van der Waals surface area (Å²) < 4.78 is 6.81. The van der Waals surface area contributed by atoms with Crippen LogP contribution >= 0.6 is 0 Å². The van der Waals surface area contributed by atoms with Gasteiger partial charge in [-0.25, -0.2) is 9.78 Å². The average molecular weight is 271 g/mol. The molecular weight excluding hydrogens is 258 g/mol. The number of hydrogen-bond acceptors (Lipinski definition) is 4. The molecule has 0 aliphatic carbocycles. The largest absolute Gasteiger partial charge is 0.496 e. The third-order valence-electron chi connectivity index (χ3n) is 3.01. The van der Waals surface area contributed by atoms with E-state index in [2.05, 4.69) is 11.1 Å². The van der Waals surface area contributed by atoms with Gasteiger partial charge >= 0.3 is 5.97 Å². The first-order valence-electron chi connectivity index (χ1n) is 5.89. The summed E-state index contributed by atoms with van der Waals surface area (Å²) in [5.41, 5.74) is 1.33. The number of aryl methyl sites for hydroxylation is 1. The van der Waals surface area contributed by atoms with E-state index in [1.165, 1.54) is 13.3 Å². The zero-order chi connectivity index (χ0) is 14.7. The summed E-state index contributed by atoms with van der Waals surface area (Å²) in [5.74, 6) is 0.154. The van der Waals surface area contributed by atoms with E-state index in [-0.39, 0.29) is 12.2 Å². The van der Waals surface area contributed by atoms with Gasteiger partial charge in [0.2, 0.25) is 0 Å². The maximum Gasteiger partial charge on any atom is 0.354 e. The molecule has 102 valence electrons. The lowest BCUT2D eigenvalue weighted by molar-refractivity contribution is 0.0685. The molecule has 6 heteroatoms. The van der Waals surface area contributed by atoms with E-state index in [1.54, 1.807) is 29.7 Å². The van der Waals surface area contributed by atoms with Gasteiger partial charge in [0.1, 0.15) is 17.3 Å². The van der Waals surface area contributed by atoms with E-state index in [1.807, 2.05) is 0 Å². The zero-order valence-electron chi connectivity index (χ0n) is 11.1. The van der Waals surface area contributed by atoms with Crippen molar-refractivity contribution in [3.05, 3.63) is 47.0 Å². The fourth-order valence-corrected chi connectivity index (χ4v) is 1.98. The molecule has 0 spiro atoms. The van der Waals surface area contributed by atoms with Gasteiger partial charge in [-0.1, -0.05) is 0 Å². The lowest BCUT2D eigenvalue weighted by atomic mass is 10.1. The molecule has 20 heavy (non-hydrogen) atoms. The molecule has 2 rings (SSSR count). The molecule has 0 saturated carbocycles. The van der Waals surface area contributed by atoms with E-state index in [0.717, 1.165) is 5.56 Å². The van der Waals surface area contributed by atoms with Crippen molar-refractivity contribution in [3.8, 4) is 11.8 Å². The SMILES string of the molecule is COc1ccc(C#N)cc1Cn1c(C(=O)O)cnc1C. The van der Waals surface area contributed by atoms with Crippen LogP contribution in [0.2, 0.25) is 0 Å². The minimum atomic E-state index is -1.04. The first-order chi connectivity index (χ1) is 9.56.